The highest BCUT2D eigenvalue weighted by molar-refractivity contribution is 5.99. The van der Waals surface area contributed by atoms with E-state index in [2.05, 4.69) is 27.7 Å². The van der Waals surface area contributed by atoms with Crippen molar-refractivity contribution in [2.45, 2.75) is 54.4 Å². The molecule has 19 heavy (non-hydrogen) atoms. The largest absolute Gasteiger partial charge is 0.465 e. The van der Waals surface area contributed by atoms with Crippen LogP contribution in [0.2, 0.25) is 0 Å². The maximum absolute atomic E-state index is 11.9. The van der Waals surface area contributed by atoms with Gasteiger partial charge in [0.25, 0.3) is 0 Å². The van der Waals surface area contributed by atoms with E-state index in [0.717, 1.165) is 12.8 Å². The molecule has 0 N–H and O–H groups in total. The van der Waals surface area contributed by atoms with E-state index < -0.39 is 17.4 Å². The number of rotatable bonds is 8. The first-order valence-electron chi connectivity index (χ1n) is 7.02. The van der Waals surface area contributed by atoms with Crippen LogP contribution in [0.5, 0.6) is 0 Å². The topological polar surface area (TPSA) is 52.6 Å². The van der Waals surface area contributed by atoms with Crippen LogP contribution in [0.15, 0.2) is 0 Å². The van der Waals surface area contributed by atoms with Crippen molar-refractivity contribution in [1.29, 1.82) is 0 Å². The van der Waals surface area contributed by atoms with E-state index in [-0.39, 0.29) is 0 Å². The van der Waals surface area contributed by atoms with Crippen molar-refractivity contribution in [2.24, 2.45) is 17.3 Å². The summed E-state index contributed by atoms with van der Waals surface area (Å²) in [6.07, 6.45) is 1.59. The molecule has 0 aromatic heterocycles. The molecule has 4 heteroatoms. The Morgan fingerprint density at radius 1 is 0.842 bits per heavy atom. The first kappa shape index (κ1) is 17.9. The van der Waals surface area contributed by atoms with Crippen LogP contribution >= 0.6 is 0 Å². The molecule has 0 saturated carbocycles. The van der Waals surface area contributed by atoms with E-state index in [0.29, 0.717) is 25.0 Å². The van der Waals surface area contributed by atoms with Gasteiger partial charge in [0.1, 0.15) is 0 Å². The molecule has 0 heterocycles. The number of ether oxygens (including phenoxy) is 2. The lowest BCUT2D eigenvalue weighted by molar-refractivity contribution is -0.170. The lowest BCUT2D eigenvalue weighted by Crippen LogP contribution is -2.37. The van der Waals surface area contributed by atoms with E-state index in [4.69, 9.17) is 9.47 Å². The molecule has 0 aliphatic heterocycles. The molecule has 0 spiro atoms. The Labute approximate surface area is 116 Å². The third kappa shape index (κ3) is 7.19. The molecule has 0 amide bonds. The molecule has 0 aromatic rings. The van der Waals surface area contributed by atoms with Crippen LogP contribution in [0.4, 0.5) is 0 Å². The van der Waals surface area contributed by atoms with Crippen molar-refractivity contribution >= 4 is 11.9 Å². The molecule has 4 nitrogen and oxygen atoms in total. The number of hydrogen-bond acceptors (Lipinski definition) is 4. The summed E-state index contributed by atoms with van der Waals surface area (Å²) >= 11 is 0. The fourth-order valence-electron chi connectivity index (χ4n) is 1.22. The molecular weight excluding hydrogens is 244 g/mol. The van der Waals surface area contributed by atoms with Crippen LogP contribution in [-0.4, -0.2) is 25.2 Å². The predicted molar refractivity (Wildman–Crippen MR) is 74.6 cm³/mol. The molecule has 0 radical (unpaired) electrons. The van der Waals surface area contributed by atoms with Gasteiger partial charge in [-0.15, -0.1) is 0 Å². The second kappa shape index (κ2) is 8.18. The molecule has 0 fully saturated rings. The van der Waals surface area contributed by atoms with E-state index in [1.54, 1.807) is 13.8 Å². The van der Waals surface area contributed by atoms with Gasteiger partial charge in [0.05, 0.1) is 13.2 Å². The smallest absolute Gasteiger partial charge is 0.322 e. The summed E-state index contributed by atoms with van der Waals surface area (Å²) in [7, 11) is 0. The van der Waals surface area contributed by atoms with Crippen LogP contribution in [0.25, 0.3) is 0 Å². The van der Waals surface area contributed by atoms with Gasteiger partial charge in [-0.3, -0.25) is 9.59 Å². The predicted octanol–water partition coefficient (Wildman–Crippen LogP) is 3.19. The summed E-state index contributed by atoms with van der Waals surface area (Å²) in [4.78, 5) is 23.7. The highest BCUT2D eigenvalue weighted by Gasteiger charge is 2.39. The minimum absolute atomic E-state index is 0.346. The van der Waals surface area contributed by atoms with Crippen LogP contribution in [0.3, 0.4) is 0 Å². The van der Waals surface area contributed by atoms with Crippen molar-refractivity contribution in [3.63, 3.8) is 0 Å². The highest BCUT2D eigenvalue weighted by Crippen LogP contribution is 2.20. The van der Waals surface area contributed by atoms with Crippen LogP contribution in [-0.2, 0) is 19.1 Å². The molecule has 0 bridgehead atoms. The molecule has 0 rings (SSSR count). The van der Waals surface area contributed by atoms with Gasteiger partial charge < -0.3 is 9.47 Å². The molecule has 0 unspecified atom stereocenters. The third-order valence-electron chi connectivity index (χ3n) is 2.88. The molecule has 0 aliphatic rings. The molecule has 112 valence electrons. The van der Waals surface area contributed by atoms with Crippen LogP contribution in [0, 0.1) is 17.3 Å². The Morgan fingerprint density at radius 2 is 1.16 bits per heavy atom. The summed E-state index contributed by atoms with van der Waals surface area (Å²) in [5.41, 5.74) is -1.23. The van der Waals surface area contributed by atoms with Gasteiger partial charge in [0, 0.05) is 0 Å². The highest BCUT2D eigenvalue weighted by atomic mass is 16.6. The van der Waals surface area contributed by atoms with Crippen LogP contribution in [0.1, 0.15) is 54.4 Å². The normalized spacial score (nSPS) is 11.8. The zero-order valence-electron chi connectivity index (χ0n) is 13.1. The minimum atomic E-state index is -1.23. The maximum Gasteiger partial charge on any atom is 0.322 e. The van der Waals surface area contributed by atoms with Crippen molar-refractivity contribution in [2.75, 3.05) is 13.2 Å². The molecule has 0 saturated heterocycles. The fraction of sp³-hybridized carbons (Fsp3) is 0.867. The SMILES string of the molecule is CC(C)CCOC(=O)C(C)(C)C(=O)OCCC(C)C. The van der Waals surface area contributed by atoms with E-state index >= 15 is 0 Å². The quantitative estimate of drug-likeness (QED) is 0.503. The Morgan fingerprint density at radius 3 is 1.42 bits per heavy atom. The monoisotopic (exact) mass is 272 g/mol. The summed E-state index contributed by atoms with van der Waals surface area (Å²) in [6.45, 7) is 12.0. The zero-order chi connectivity index (χ0) is 15.1. The van der Waals surface area contributed by atoms with Crippen molar-refractivity contribution in [3.8, 4) is 0 Å². The van der Waals surface area contributed by atoms with Gasteiger partial charge in [0.2, 0.25) is 0 Å². The van der Waals surface area contributed by atoms with Gasteiger partial charge in [-0.25, -0.2) is 0 Å². The average molecular weight is 272 g/mol. The molecule has 0 atom stereocenters. The number of carbonyl (C=O) groups excluding carboxylic acids is 2. The molecule has 0 aliphatic carbocycles. The Balaban J connectivity index is 4.18. The maximum atomic E-state index is 11.9. The van der Waals surface area contributed by atoms with Gasteiger partial charge in [-0.2, -0.15) is 0 Å². The van der Waals surface area contributed by atoms with Crippen molar-refractivity contribution < 1.29 is 19.1 Å². The number of hydrogen-bond donors (Lipinski definition) is 0. The Bertz CT molecular complexity index is 265. The third-order valence-corrected chi connectivity index (χ3v) is 2.88. The lowest BCUT2D eigenvalue weighted by atomic mass is 9.94. The second-order valence-electron chi connectivity index (χ2n) is 6.26. The van der Waals surface area contributed by atoms with Gasteiger partial charge in [0.15, 0.2) is 5.41 Å². The first-order chi connectivity index (χ1) is 8.67. The average Bonchev–Trinajstić information content (AvgIpc) is 2.27. The second-order valence-corrected chi connectivity index (χ2v) is 6.26. The first-order valence-corrected chi connectivity index (χ1v) is 7.02. The zero-order valence-corrected chi connectivity index (χ0v) is 13.1. The summed E-state index contributed by atoms with van der Waals surface area (Å²) < 4.78 is 10.3. The van der Waals surface area contributed by atoms with Gasteiger partial charge in [-0.05, 0) is 38.5 Å². The van der Waals surface area contributed by atoms with E-state index in [1.807, 2.05) is 0 Å². The van der Waals surface area contributed by atoms with Crippen LogP contribution < -0.4 is 0 Å². The number of esters is 2. The minimum Gasteiger partial charge on any atom is -0.465 e. The van der Waals surface area contributed by atoms with Crippen molar-refractivity contribution in [3.05, 3.63) is 0 Å². The summed E-state index contributed by atoms with van der Waals surface area (Å²) in [5, 5.41) is 0. The summed E-state index contributed by atoms with van der Waals surface area (Å²) in [5.74, 6) is -0.0896. The van der Waals surface area contributed by atoms with Gasteiger partial charge in [-0.1, -0.05) is 27.7 Å². The molecular formula is C15H28O4. The van der Waals surface area contributed by atoms with E-state index in [1.165, 1.54) is 0 Å². The van der Waals surface area contributed by atoms with Crippen molar-refractivity contribution in [1.82, 2.24) is 0 Å². The molecule has 0 aromatic carbocycles. The Kier molecular flexibility index (Phi) is 7.72. The summed E-state index contributed by atoms with van der Waals surface area (Å²) in [6, 6.07) is 0. The standard InChI is InChI=1S/C15H28O4/c1-11(2)7-9-18-13(16)15(5,6)14(17)19-10-8-12(3)4/h11-12H,7-10H2,1-6H3. The Hall–Kier alpha value is -1.06. The number of carbonyl (C=O) groups is 2. The lowest BCUT2D eigenvalue weighted by Gasteiger charge is -2.21. The van der Waals surface area contributed by atoms with Gasteiger partial charge >= 0.3 is 11.9 Å². The fourth-order valence-corrected chi connectivity index (χ4v) is 1.22. The van der Waals surface area contributed by atoms with E-state index in [9.17, 15) is 9.59 Å².